The molecule has 146 valence electrons. The van der Waals surface area contributed by atoms with E-state index in [2.05, 4.69) is 11.4 Å². The summed E-state index contributed by atoms with van der Waals surface area (Å²) in [5.74, 6) is -0.568. The van der Waals surface area contributed by atoms with Crippen molar-refractivity contribution >= 4 is 27.3 Å². The lowest BCUT2D eigenvalue weighted by Crippen LogP contribution is -2.33. The van der Waals surface area contributed by atoms with Crippen molar-refractivity contribution in [2.45, 2.75) is 17.9 Å². The Hall–Kier alpha value is -2.48. The highest BCUT2D eigenvalue weighted by Gasteiger charge is 2.26. The van der Waals surface area contributed by atoms with Crippen LogP contribution in [0.15, 0.2) is 76.3 Å². The zero-order valence-corrected chi connectivity index (χ0v) is 17.1. The summed E-state index contributed by atoms with van der Waals surface area (Å²) in [6.07, 6.45) is 0.850. The predicted octanol–water partition coefficient (Wildman–Crippen LogP) is 3.97. The second kappa shape index (κ2) is 9.14. The summed E-state index contributed by atoms with van der Waals surface area (Å²) in [6, 6.07) is 16.8. The second-order valence-electron chi connectivity index (χ2n) is 6.22. The van der Waals surface area contributed by atoms with E-state index in [1.54, 1.807) is 53.8 Å². The summed E-state index contributed by atoms with van der Waals surface area (Å²) in [5.41, 5.74) is 2.45. The van der Waals surface area contributed by atoms with Gasteiger partial charge in [-0.05, 0) is 58.6 Å². The number of rotatable bonds is 8. The number of nitrogens with zero attached hydrogens (tertiary/aromatic N) is 1. The van der Waals surface area contributed by atoms with Crippen LogP contribution in [-0.2, 0) is 27.8 Å². The van der Waals surface area contributed by atoms with E-state index in [1.807, 2.05) is 5.38 Å². The van der Waals surface area contributed by atoms with Crippen molar-refractivity contribution in [1.82, 2.24) is 4.31 Å². The third-order valence-electron chi connectivity index (χ3n) is 4.27. The molecular formula is C21H21NO4S2. The molecule has 0 fully saturated rings. The fourth-order valence-electron chi connectivity index (χ4n) is 2.60. The fraction of sp³-hybridized carbons (Fsp3) is 0.190. The van der Waals surface area contributed by atoms with Crippen molar-refractivity contribution in [3.63, 3.8) is 0 Å². The monoisotopic (exact) mass is 415 g/mol. The van der Waals surface area contributed by atoms with Crippen LogP contribution in [0.1, 0.15) is 21.5 Å². The molecule has 0 aliphatic heterocycles. The normalized spacial score (nSPS) is 11.3. The van der Waals surface area contributed by atoms with E-state index >= 15 is 0 Å². The first-order chi connectivity index (χ1) is 13.5. The molecule has 0 saturated heterocycles. The predicted molar refractivity (Wildman–Crippen MR) is 110 cm³/mol. The molecule has 0 atom stereocenters. The van der Waals surface area contributed by atoms with Gasteiger partial charge in [0, 0.05) is 12.6 Å². The quantitative estimate of drug-likeness (QED) is 0.522. The van der Waals surface area contributed by atoms with Gasteiger partial charge in [-0.1, -0.05) is 30.3 Å². The molecule has 0 aliphatic rings. The van der Waals surface area contributed by atoms with Gasteiger partial charge in [0.25, 0.3) is 15.9 Å². The lowest BCUT2D eigenvalue weighted by atomic mass is 10.2. The van der Waals surface area contributed by atoms with Crippen LogP contribution < -0.4 is 0 Å². The van der Waals surface area contributed by atoms with Crippen LogP contribution in [0.3, 0.4) is 0 Å². The van der Waals surface area contributed by atoms with E-state index in [-0.39, 0.29) is 4.90 Å². The standard InChI is InChI=1S/C21H21NO4S2/c1-22(21(23)19-5-3-2-4-6-19)28(24,25)20-9-7-17(8-10-20)15-26-13-11-18-12-14-27-16-18/h2-10,12,14,16H,11,13,15H2,1H3. The van der Waals surface area contributed by atoms with Crippen LogP contribution in [-0.4, -0.2) is 32.3 Å². The number of hydrogen-bond donors (Lipinski definition) is 0. The molecule has 28 heavy (non-hydrogen) atoms. The summed E-state index contributed by atoms with van der Waals surface area (Å²) in [7, 11) is -2.64. The lowest BCUT2D eigenvalue weighted by Gasteiger charge is -2.18. The molecule has 0 radical (unpaired) electrons. The van der Waals surface area contributed by atoms with Gasteiger partial charge in [0.1, 0.15) is 0 Å². The highest BCUT2D eigenvalue weighted by molar-refractivity contribution is 7.89. The number of carbonyl (C=O) groups excluding carboxylic acids is 1. The molecule has 0 spiro atoms. The molecule has 5 nitrogen and oxygen atoms in total. The van der Waals surface area contributed by atoms with Crippen LogP contribution in [0.2, 0.25) is 0 Å². The van der Waals surface area contributed by atoms with Crippen molar-refractivity contribution in [3.8, 4) is 0 Å². The van der Waals surface area contributed by atoms with E-state index in [1.165, 1.54) is 24.7 Å². The average molecular weight is 416 g/mol. The Morgan fingerprint density at radius 3 is 2.36 bits per heavy atom. The molecule has 0 saturated carbocycles. The van der Waals surface area contributed by atoms with Crippen molar-refractivity contribution in [2.24, 2.45) is 0 Å². The number of thiophene rings is 1. The highest BCUT2D eigenvalue weighted by Crippen LogP contribution is 2.18. The first-order valence-corrected chi connectivity index (χ1v) is 11.1. The minimum atomic E-state index is -3.91. The summed E-state index contributed by atoms with van der Waals surface area (Å²) in [6.45, 7) is 1.01. The third kappa shape index (κ3) is 4.86. The minimum absolute atomic E-state index is 0.0707. The van der Waals surface area contributed by atoms with Crippen LogP contribution in [0.5, 0.6) is 0 Å². The topological polar surface area (TPSA) is 63.7 Å². The molecule has 1 aromatic heterocycles. The molecule has 1 heterocycles. The van der Waals surface area contributed by atoms with Gasteiger partial charge in [0.05, 0.1) is 18.1 Å². The molecule has 0 unspecified atom stereocenters. The van der Waals surface area contributed by atoms with Gasteiger partial charge in [-0.15, -0.1) is 0 Å². The summed E-state index contributed by atoms with van der Waals surface area (Å²) in [5, 5.41) is 4.13. The first kappa shape index (κ1) is 20.3. The summed E-state index contributed by atoms with van der Waals surface area (Å²) in [4.78, 5) is 12.5. The number of hydrogen-bond acceptors (Lipinski definition) is 5. The van der Waals surface area contributed by atoms with Gasteiger partial charge in [-0.2, -0.15) is 11.3 Å². The minimum Gasteiger partial charge on any atom is -0.376 e. The van der Waals surface area contributed by atoms with Gasteiger partial charge in [-0.3, -0.25) is 4.79 Å². The van der Waals surface area contributed by atoms with Crippen LogP contribution >= 0.6 is 11.3 Å². The smallest absolute Gasteiger partial charge is 0.267 e. The van der Waals surface area contributed by atoms with Crippen LogP contribution in [0, 0.1) is 0 Å². The second-order valence-corrected chi connectivity index (χ2v) is 8.97. The Kier molecular flexibility index (Phi) is 6.61. The molecule has 7 heteroatoms. The zero-order valence-electron chi connectivity index (χ0n) is 15.4. The van der Waals surface area contributed by atoms with Gasteiger partial charge >= 0.3 is 0 Å². The van der Waals surface area contributed by atoms with Gasteiger partial charge in [0.2, 0.25) is 0 Å². The van der Waals surface area contributed by atoms with E-state index in [9.17, 15) is 13.2 Å². The van der Waals surface area contributed by atoms with Crippen LogP contribution in [0.4, 0.5) is 0 Å². The first-order valence-electron chi connectivity index (χ1n) is 8.74. The van der Waals surface area contributed by atoms with Crippen molar-refractivity contribution in [3.05, 3.63) is 88.1 Å². The largest absolute Gasteiger partial charge is 0.376 e. The number of carbonyl (C=O) groups is 1. The SMILES string of the molecule is CN(C(=O)c1ccccc1)S(=O)(=O)c1ccc(COCCc2ccsc2)cc1. The summed E-state index contributed by atoms with van der Waals surface area (Å²) >= 11 is 1.66. The highest BCUT2D eigenvalue weighted by atomic mass is 32.2. The summed E-state index contributed by atoms with van der Waals surface area (Å²) < 4.78 is 31.9. The Labute approximate surface area is 169 Å². The third-order valence-corrected chi connectivity index (χ3v) is 6.76. The number of benzene rings is 2. The molecule has 0 aliphatic carbocycles. The lowest BCUT2D eigenvalue weighted by molar-refractivity contribution is 0.0883. The molecule has 0 N–H and O–H groups in total. The Balaban J connectivity index is 1.60. The van der Waals surface area contributed by atoms with Crippen molar-refractivity contribution in [2.75, 3.05) is 13.7 Å². The van der Waals surface area contributed by atoms with Crippen LogP contribution in [0.25, 0.3) is 0 Å². The van der Waals surface area contributed by atoms with Crippen molar-refractivity contribution < 1.29 is 17.9 Å². The molecule has 0 bridgehead atoms. The maximum absolute atomic E-state index is 12.7. The van der Waals surface area contributed by atoms with Gasteiger partial charge < -0.3 is 4.74 Å². The van der Waals surface area contributed by atoms with Crippen molar-refractivity contribution in [1.29, 1.82) is 0 Å². The zero-order chi connectivity index (χ0) is 20.0. The number of ether oxygens (including phenoxy) is 1. The van der Waals surface area contributed by atoms with Gasteiger partial charge in [-0.25, -0.2) is 12.7 Å². The maximum Gasteiger partial charge on any atom is 0.267 e. The van der Waals surface area contributed by atoms with E-state index in [4.69, 9.17) is 4.74 Å². The van der Waals surface area contributed by atoms with E-state index in [0.717, 1.165) is 16.3 Å². The Bertz CT molecular complexity index is 998. The molecule has 2 aromatic carbocycles. The number of amides is 1. The molecule has 3 rings (SSSR count). The molecule has 3 aromatic rings. The molecular weight excluding hydrogens is 394 g/mol. The Morgan fingerprint density at radius 2 is 1.71 bits per heavy atom. The average Bonchev–Trinajstić information content (AvgIpc) is 3.24. The van der Waals surface area contributed by atoms with Gasteiger partial charge in [0.15, 0.2) is 0 Å². The molecule has 1 amide bonds. The number of sulfonamides is 1. The maximum atomic E-state index is 12.7. The van der Waals surface area contributed by atoms with E-state index < -0.39 is 15.9 Å². The Morgan fingerprint density at radius 1 is 1.00 bits per heavy atom. The van der Waals surface area contributed by atoms with E-state index in [0.29, 0.717) is 18.8 Å². The fourth-order valence-corrected chi connectivity index (χ4v) is 4.43.